The molecule has 0 amide bonds. The van der Waals surface area contributed by atoms with Gasteiger partial charge in [0.05, 0.1) is 9.37 Å². The molecule has 0 radical (unpaired) electrons. The second-order valence-corrected chi connectivity index (χ2v) is 7.60. The Balaban J connectivity index is 1.91. The largest absolute Gasteiger partial charge is 0.316 e. The van der Waals surface area contributed by atoms with Gasteiger partial charge in [-0.15, -0.1) is 0 Å². The zero-order valence-electron chi connectivity index (χ0n) is 11.0. The zero-order valence-corrected chi connectivity index (χ0v) is 13.4. The summed E-state index contributed by atoms with van der Waals surface area (Å²) >= 11 is 2.99. The average Bonchev–Trinajstić information content (AvgIpc) is 2.43. The lowest BCUT2D eigenvalue weighted by Crippen LogP contribution is -2.33. The van der Waals surface area contributed by atoms with E-state index in [-0.39, 0.29) is 9.37 Å². The highest BCUT2D eigenvalue weighted by Gasteiger charge is 2.17. The van der Waals surface area contributed by atoms with Crippen LogP contribution >= 0.6 is 15.9 Å². The van der Waals surface area contributed by atoms with Crippen LogP contribution in [0.3, 0.4) is 0 Å². The molecule has 1 aliphatic heterocycles. The van der Waals surface area contributed by atoms with Gasteiger partial charge in [-0.2, -0.15) is 0 Å². The van der Waals surface area contributed by atoms with Crippen LogP contribution in [0.25, 0.3) is 0 Å². The quantitative estimate of drug-likeness (QED) is 0.842. The number of piperidine rings is 1. The van der Waals surface area contributed by atoms with Crippen molar-refractivity contribution in [1.82, 2.24) is 10.0 Å². The predicted octanol–water partition coefficient (Wildman–Crippen LogP) is 2.26. The third-order valence-electron chi connectivity index (χ3n) is 3.44. The lowest BCUT2D eigenvalue weighted by Gasteiger charge is -2.22. The van der Waals surface area contributed by atoms with Crippen molar-refractivity contribution >= 4 is 26.0 Å². The molecule has 1 fully saturated rings. The maximum Gasteiger partial charge on any atom is 0.240 e. The molecule has 0 spiro atoms. The number of benzene rings is 1. The molecule has 7 heteroatoms. The summed E-state index contributed by atoms with van der Waals surface area (Å²) in [5.74, 6) is 0.0450. The fraction of sp³-hybridized carbons (Fsp3) is 0.538. The summed E-state index contributed by atoms with van der Waals surface area (Å²) in [4.78, 5) is 0.0764. The van der Waals surface area contributed by atoms with Crippen LogP contribution in [-0.2, 0) is 10.0 Å². The minimum absolute atomic E-state index is 0.0764. The molecule has 2 N–H and O–H groups in total. The van der Waals surface area contributed by atoms with E-state index in [1.807, 2.05) is 0 Å². The van der Waals surface area contributed by atoms with Crippen LogP contribution in [0.15, 0.2) is 27.6 Å². The fourth-order valence-electron chi connectivity index (χ4n) is 2.30. The molecule has 0 aliphatic carbocycles. The van der Waals surface area contributed by atoms with E-state index < -0.39 is 15.8 Å². The molecule has 1 unspecified atom stereocenters. The van der Waals surface area contributed by atoms with Crippen molar-refractivity contribution in [3.63, 3.8) is 0 Å². The lowest BCUT2D eigenvalue weighted by atomic mass is 9.96. The van der Waals surface area contributed by atoms with E-state index in [1.54, 1.807) is 0 Å². The summed E-state index contributed by atoms with van der Waals surface area (Å²) in [6, 6.07) is 3.69. The van der Waals surface area contributed by atoms with E-state index in [2.05, 4.69) is 26.0 Å². The van der Waals surface area contributed by atoms with Gasteiger partial charge < -0.3 is 5.32 Å². The Morgan fingerprint density at radius 3 is 2.90 bits per heavy atom. The van der Waals surface area contributed by atoms with Crippen LogP contribution in [0.5, 0.6) is 0 Å². The third-order valence-corrected chi connectivity index (χ3v) is 5.51. The first-order valence-corrected chi connectivity index (χ1v) is 8.92. The molecule has 0 saturated carbocycles. The highest BCUT2D eigenvalue weighted by molar-refractivity contribution is 9.10. The van der Waals surface area contributed by atoms with Crippen LogP contribution in [0.2, 0.25) is 0 Å². The summed E-state index contributed by atoms with van der Waals surface area (Å²) in [5, 5.41) is 3.30. The minimum Gasteiger partial charge on any atom is -0.316 e. The van der Waals surface area contributed by atoms with Crippen molar-refractivity contribution in [2.24, 2.45) is 5.92 Å². The molecule has 1 aromatic carbocycles. The summed E-state index contributed by atoms with van der Waals surface area (Å²) in [6.45, 7) is 2.40. The first-order valence-electron chi connectivity index (χ1n) is 6.64. The van der Waals surface area contributed by atoms with Gasteiger partial charge in [-0.05, 0) is 72.4 Å². The molecule has 1 aliphatic rings. The van der Waals surface area contributed by atoms with Crippen molar-refractivity contribution < 1.29 is 12.8 Å². The van der Waals surface area contributed by atoms with Crippen molar-refractivity contribution in [3.05, 3.63) is 28.5 Å². The molecular formula is C13H18BrFN2O2S. The van der Waals surface area contributed by atoms with Gasteiger partial charge in [0.1, 0.15) is 5.82 Å². The van der Waals surface area contributed by atoms with Gasteiger partial charge in [-0.3, -0.25) is 0 Å². The van der Waals surface area contributed by atoms with E-state index in [0.29, 0.717) is 12.5 Å². The van der Waals surface area contributed by atoms with Gasteiger partial charge in [0, 0.05) is 6.54 Å². The van der Waals surface area contributed by atoms with Crippen LogP contribution < -0.4 is 10.0 Å². The Labute approximate surface area is 127 Å². The van der Waals surface area contributed by atoms with Gasteiger partial charge in [-0.1, -0.05) is 0 Å². The molecule has 1 aromatic rings. The number of halogens is 2. The smallest absolute Gasteiger partial charge is 0.240 e. The first kappa shape index (κ1) is 15.9. The van der Waals surface area contributed by atoms with E-state index in [9.17, 15) is 12.8 Å². The van der Waals surface area contributed by atoms with Gasteiger partial charge in [0.25, 0.3) is 0 Å². The molecule has 0 aromatic heterocycles. The van der Waals surface area contributed by atoms with E-state index >= 15 is 0 Å². The Bertz CT molecular complexity index is 559. The zero-order chi connectivity index (χ0) is 14.6. The molecular weight excluding hydrogens is 347 g/mol. The third kappa shape index (κ3) is 4.25. The number of sulfonamides is 1. The number of hydrogen-bond donors (Lipinski definition) is 2. The summed E-state index contributed by atoms with van der Waals surface area (Å²) in [6.07, 6.45) is 3.09. The van der Waals surface area contributed by atoms with E-state index in [4.69, 9.17) is 0 Å². The van der Waals surface area contributed by atoms with Crippen LogP contribution in [-0.4, -0.2) is 28.1 Å². The predicted molar refractivity (Wildman–Crippen MR) is 79.5 cm³/mol. The minimum atomic E-state index is -3.57. The van der Waals surface area contributed by atoms with Crippen LogP contribution in [0, 0.1) is 11.7 Å². The molecule has 1 atom stereocenters. The monoisotopic (exact) mass is 364 g/mol. The normalized spacial score (nSPS) is 20.0. The van der Waals surface area contributed by atoms with Gasteiger partial charge >= 0.3 is 0 Å². The highest BCUT2D eigenvalue weighted by atomic mass is 79.9. The molecule has 20 heavy (non-hydrogen) atoms. The van der Waals surface area contributed by atoms with Crippen LogP contribution in [0.4, 0.5) is 4.39 Å². The average molecular weight is 365 g/mol. The number of rotatable bonds is 5. The molecule has 1 heterocycles. The number of hydrogen-bond acceptors (Lipinski definition) is 3. The Morgan fingerprint density at radius 2 is 2.25 bits per heavy atom. The SMILES string of the molecule is O=S(=O)(NCCC1CCCNC1)c1ccc(F)c(Br)c1. The Morgan fingerprint density at radius 1 is 1.45 bits per heavy atom. The molecule has 112 valence electrons. The Kier molecular flexibility index (Phi) is 5.54. The maximum absolute atomic E-state index is 13.1. The second kappa shape index (κ2) is 6.98. The molecule has 1 saturated heterocycles. The van der Waals surface area contributed by atoms with Crippen molar-refractivity contribution in [2.45, 2.75) is 24.2 Å². The molecule has 2 rings (SSSR count). The maximum atomic E-state index is 13.1. The van der Waals surface area contributed by atoms with E-state index in [0.717, 1.165) is 38.4 Å². The highest BCUT2D eigenvalue weighted by Crippen LogP contribution is 2.20. The number of nitrogens with one attached hydrogen (secondary N) is 2. The van der Waals surface area contributed by atoms with Gasteiger partial charge in [0.15, 0.2) is 0 Å². The van der Waals surface area contributed by atoms with Crippen molar-refractivity contribution in [3.8, 4) is 0 Å². The van der Waals surface area contributed by atoms with Crippen molar-refractivity contribution in [1.29, 1.82) is 0 Å². The Hall–Kier alpha value is -0.500. The fourth-order valence-corrected chi connectivity index (χ4v) is 3.90. The first-order chi connectivity index (χ1) is 9.49. The summed E-state index contributed by atoms with van der Waals surface area (Å²) in [5.41, 5.74) is 0. The van der Waals surface area contributed by atoms with E-state index in [1.165, 1.54) is 12.1 Å². The van der Waals surface area contributed by atoms with Gasteiger partial charge in [-0.25, -0.2) is 17.5 Å². The van der Waals surface area contributed by atoms with Gasteiger partial charge in [0.2, 0.25) is 10.0 Å². The molecule has 0 bridgehead atoms. The topological polar surface area (TPSA) is 58.2 Å². The lowest BCUT2D eigenvalue weighted by molar-refractivity contribution is 0.358. The molecule has 4 nitrogen and oxygen atoms in total. The summed E-state index contributed by atoms with van der Waals surface area (Å²) < 4.78 is 40.0. The van der Waals surface area contributed by atoms with Crippen molar-refractivity contribution in [2.75, 3.05) is 19.6 Å². The standard InChI is InChI=1S/C13H18BrFN2O2S/c14-12-8-11(3-4-13(12)15)20(18,19)17-7-5-10-2-1-6-16-9-10/h3-4,8,10,16-17H,1-2,5-7,9H2. The second-order valence-electron chi connectivity index (χ2n) is 4.97. The summed E-state index contributed by atoms with van der Waals surface area (Å²) in [7, 11) is -3.57. The van der Waals surface area contributed by atoms with Crippen LogP contribution in [0.1, 0.15) is 19.3 Å².